The highest BCUT2D eigenvalue weighted by Crippen LogP contribution is 2.20. The van der Waals surface area contributed by atoms with Crippen LogP contribution in [-0.2, 0) is 13.6 Å². The van der Waals surface area contributed by atoms with E-state index in [4.69, 9.17) is 0 Å². The fraction of sp³-hybridized carbons (Fsp3) is 0.588. The monoisotopic (exact) mass is 331 g/mol. The fourth-order valence-corrected chi connectivity index (χ4v) is 3.38. The average molecular weight is 331 g/mol. The first-order valence-corrected chi connectivity index (χ1v) is 8.57. The van der Waals surface area contributed by atoms with Crippen LogP contribution in [0.3, 0.4) is 0 Å². The molecule has 3 heterocycles. The molecule has 7 nitrogen and oxygen atoms in total. The lowest BCUT2D eigenvalue weighted by atomic mass is 10.2. The second-order valence-corrected chi connectivity index (χ2v) is 6.69. The fourth-order valence-electron chi connectivity index (χ4n) is 3.38. The van der Waals surface area contributed by atoms with Gasteiger partial charge in [-0.15, -0.1) is 0 Å². The Labute approximate surface area is 140 Å². The van der Waals surface area contributed by atoms with E-state index in [-0.39, 0.29) is 17.3 Å². The Kier molecular flexibility index (Phi) is 4.11. The number of hydrogen-bond acceptors (Lipinski definition) is 3. The maximum Gasteiger partial charge on any atom is 0.332 e. The average Bonchev–Trinajstić information content (AvgIpc) is 3.02. The summed E-state index contributed by atoms with van der Waals surface area (Å²) < 4.78 is 6.72. The SMILES string of the molecule is CCCCCn1c(=O)c2c(nc3n(C(C)C)c(C)cn23)n(C)c1=O. The van der Waals surface area contributed by atoms with Crippen LogP contribution in [0.4, 0.5) is 0 Å². The zero-order valence-electron chi connectivity index (χ0n) is 15.0. The van der Waals surface area contributed by atoms with E-state index in [2.05, 4.69) is 30.3 Å². The maximum atomic E-state index is 12.9. The molecule has 3 aromatic rings. The lowest BCUT2D eigenvalue weighted by Gasteiger charge is -2.09. The van der Waals surface area contributed by atoms with Gasteiger partial charge in [-0.25, -0.2) is 4.79 Å². The molecule has 0 N–H and O–H groups in total. The highest BCUT2D eigenvalue weighted by atomic mass is 16.2. The minimum Gasteiger partial charge on any atom is -0.312 e. The molecule has 0 amide bonds. The van der Waals surface area contributed by atoms with Gasteiger partial charge in [-0.2, -0.15) is 4.98 Å². The van der Waals surface area contributed by atoms with Crippen molar-refractivity contribution in [2.75, 3.05) is 0 Å². The summed E-state index contributed by atoms with van der Waals surface area (Å²) in [6, 6.07) is 0.225. The smallest absolute Gasteiger partial charge is 0.312 e. The van der Waals surface area contributed by atoms with Crippen LogP contribution in [0.2, 0.25) is 0 Å². The summed E-state index contributed by atoms with van der Waals surface area (Å²) in [4.78, 5) is 30.1. The van der Waals surface area contributed by atoms with E-state index in [0.29, 0.717) is 23.5 Å². The van der Waals surface area contributed by atoms with Crippen LogP contribution in [0, 0.1) is 6.92 Å². The van der Waals surface area contributed by atoms with E-state index < -0.39 is 0 Å². The largest absolute Gasteiger partial charge is 0.332 e. The summed E-state index contributed by atoms with van der Waals surface area (Å²) in [5.74, 6) is 0.705. The highest BCUT2D eigenvalue weighted by molar-refractivity contribution is 5.75. The molecule has 0 aliphatic rings. The number of nitrogens with zero attached hydrogens (tertiary/aromatic N) is 5. The van der Waals surface area contributed by atoms with E-state index in [9.17, 15) is 9.59 Å². The lowest BCUT2D eigenvalue weighted by Crippen LogP contribution is -2.39. The summed E-state index contributed by atoms with van der Waals surface area (Å²) in [5.41, 5.74) is 1.42. The first-order valence-electron chi connectivity index (χ1n) is 8.57. The van der Waals surface area contributed by atoms with Crippen molar-refractivity contribution in [2.24, 2.45) is 7.05 Å². The third-order valence-electron chi connectivity index (χ3n) is 4.57. The van der Waals surface area contributed by atoms with Crippen molar-refractivity contribution in [3.63, 3.8) is 0 Å². The Morgan fingerprint density at radius 1 is 1.21 bits per heavy atom. The van der Waals surface area contributed by atoms with Crippen LogP contribution in [0.1, 0.15) is 51.8 Å². The molecule has 0 saturated carbocycles. The van der Waals surface area contributed by atoms with Gasteiger partial charge in [0.1, 0.15) is 0 Å². The molecule has 0 atom stereocenters. The minimum atomic E-state index is -0.294. The van der Waals surface area contributed by atoms with Crippen LogP contribution < -0.4 is 11.2 Å². The van der Waals surface area contributed by atoms with E-state index in [1.807, 2.05) is 17.5 Å². The zero-order valence-corrected chi connectivity index (χ0v) is 15.0. The summed E-state index contributed by atoms with van der Waals surface area (Å²) >= 11 is 0. The van der Waals surface area contributed by atoms with Crippen molar-refractivity contribution >= 4 is 16.9 Å². The third-order valence-corrected chi connectivity index (χ3v) is 4.57. The van der Waals surface area contributed by atoms with Gasteiger partial charge in [0.05, 0.1) is 0 Å². The Morgan fingerprint density at radius 2 is 1.92 bits per heavy atom. The van der Waals surface area contributed by atoms with Gasteiger partial charge in [0.2, 0.25) is 5.78 Å². The highest BCUT2D eigenvalue weighted by Gasteiger charge is 2.20. The molecule has 0 radical (unpaired) electrons. The molecule has 0 spiro atoms. The van der Waals surface area contributed by atoms with Crippen molar-refractivity contribution in [2.45, 2.75) is 59.5 Å². The molecule has 0 aliphatic heterocycles. The Balaban J connectivity index is 2.35. The van der Waals surface area contributed by atoms with E-state index >= 15 is 0 Å². The predicted molar refractivity (Wildman–Crippen MR) is 94.8 cm³/mol. The van der Waals surface area contributed by atoms with Crippen molar-refractivity contribution in [3.8, 4) is 0 Å². The summed E-state index contributed by atoms with van der Waals surface area (Å²) in [6.07, 6.45) is 4.79. The van der Waals surface area contributed by atoms with Crippen LogP contribution >= 0.6 is 0 Å². The molecule has 0 aromatic carbocycles. The molecular formula is C17H25N5O2. The van der Waals surface area contributed by atoms with Crippen LogP contribution in [0.25, 0.3) is 16.9 Å². The predicted octanol–water partition coefficient (Wildman–Crippen LogP) is 2.23. The minimum absolute atomic E-state index is 0.225. The number of imidazole rings is 2. The molecule has 3 rings (SSSR count). The molecular weight excluding hydrogens is 306 g/mol. The van der Waals surface area contributed by atoms with Gasteiger partial charge in [-0.1, -0.05) is 19.8 Å². The van der Waals surface area contributed by atoms with Gasteiger partial charge in [0.15, 0.2) is 11.2 Å². The molecule has 24 heavy (non-hydrogen) atoms. The Bertz CT molecular complexity index is 1020. The first kappa shape index (κ1) is 16.5. The zero-order chi connectivity index (χ0) is 17.6. The number of unbranched alkanes of at least 4 members (excludes halogenated alkanes) is 2. The second-order valence-electron chi connectivity index (χ2n) is 6.69. The van der Waals surface area contributed by atoms with Gasteiger partial charge in [0, 0.05) is 31.5 Å². The molecule has 0 bridgehead atoms. The van der Waals surface area contributed by atoms with Crippen molar-refractivity contribution < 1.29 is 0 Å². The van der Waals surface area contributed by atoms with Crippen molar-refractivity contribution in [1.82, 2.24) is 23.1 Å². The molecule has 0 fully saturated rings. The molecule has 0 unspecified atom stereocenters. The lowest BCUT2D eigenvalue weighted by molar-refractivity contribution is 0.550. The standard InChI is InChI=1S/C17H25N5O2/c1-6-7-8-9-20-15(23)13-14(19(5)17(20)24)18-16-21(13)10-12(4)22(16)11(2)3/h10-11H,6-9H2,1-5H3. The summed E-state index contributed by atoms with van der Waals surface area (Å²) in [7, 11) is 1.68. The van der Waals surface area contributed by atoms with Gasteiger partial charge in [0.25, 0.3) is 5.56 Å². The van der Waals surface area contributed by atoms with Gasteiger partial charge >= 0.3 is 5.69 Å². The quantitative estimate of drug-likeness (QED) is 0.673. The molecule has 130 valence electrons. The number of fused-ring (bicyclic) bond motifs is 3. The number of hydrogen-bond donors (Lipinski definition) is 0. The van der Waals surface area contributed by atoms with Crippen LogP contribution in [0.15, 0.2) is 15.8 Å². The summed E-state index contributed by atoms with van der Waals surface area (Å²) in [5, 5.41) is 0. The first-order chi connectivity index (χ1) is 11.4. The van der Waals surface area contributed by atoms with Gasteiger partial charge in [-0.3, -0.25) is 18.3 Å². The Hall–Kier alpha value is -2.31. The maximum absolute atomic E-state index is 12.9. The molecule has 0 saturated heterocycles. The normalized spacial score (nSPS) is 12.1. The number of aromatic nitrogens is 5. The van der Waals surface area contributed by atoms with Crippen LogP contribution in [0.5, 0.6) is 0 Å². The van der Waals surface area contributed by atoms with Crippen molar-refractivity contribution in [1.29, 1.82) is 0 Å². The topological polar surface area (TPSA) is 66.2 Å². The molecule has 0 aliphatic carbocycles. The second kappa shape index (κ2) is 5.96. The summed E-state index contributed by atoms with van der Waals surface area (Å²) in [6.45, 7) is 8.71. The van der Waals surface area contributed by atoms with E-state index in [1.54, 1.807) is 7.05 Å². The van der Waals surface area contributed by atoms with Gasteiger partial charge in [-0.05, 0) is 27.2 Å². The Morgan fingerprint density at radius 3 is 2.54 bits per heavy atom. The third kappa shape index (κ3) is 2.30. The molecule has 3 aromatic heterocycles. The van der Waals surface area contributed by atoms with Crippen LogP contribution in [-0.4, -0.2) is 23.1 Å². The number of aryl methyl sites for hydroxylation is 2. The van der Waals surface area contributed by atoms with E-state index in [0.717, 1.165) is 25.0 Å². The number of rotatable bonds is 5. The van der Waals surface area contributed by atoms with Crippen molar-refractivity contribution in [3.05, 3.63) is 32.7 Å². The van der Waals surface area contributed by atoms with E-state index in [1.165, 1.54) is 9.13 Å². The van der Waals surface area contributed by atoms with Gasteiger partial charge < -0.3 is 4.57 Å². The molecule has 7 heteroatoms.